The summed E-state index contributed by atoms with van der Waals surface area (Å²) in [6.07, 6.45) is 1.98. The Morgan fingerprint density at radius 2 is 1.84 bits per heavy atom. The fourth-order valence-corrected chi connectivity index (χ4v) is 3.39. The minimum Gasteiger partial charge on any atom is -0.497 e. The summed E-state index contributed by atoms with van der Waals surface area (Å²) in [6, 6.07) is 23.0. The monoisotopic (exact) mass is 426 g/mol. The zero-order valence-corrected chi connectivity index (χ0v) is 17.5. The molecule has 0 saturated carbocycles. The van der Waals surface area contributed by atoms with E-state index in [1.807, 2.05) is 36.4 Å². The van der Waals surface area contributed by atoms with E-state index in [1.54, 1.807) is 49.7 Å². The number of amides is 1. The molecule has 160 valence electrons. The van der Waals surface area contributed by atoms with Crippen LogP contribution in [0.5, 0.6) is 5.75 Å². The highest BCUT2D eigenvalue weighted by Crippen LogP contribution is 2.20. The molecule has 0 fully saturated rings. The van der Waals surface area contributed by atoms with Gasteiger partial charge in [-0.2, -0.15) is 0 Å². The van der Waals surface area contributed by atoms with Crippen molar-refractivity contribution in [3.05, 3.63) is 112 Å². The van der Waals surface area contributed by atoms with Crippen LogP contribution in [0, 0.1) is 0 Å². The zero-order chi connectivity index (χ0) is 22.3. The maximum absolute atomic E-state index is 13.0. The number of hydrogen-bond acceptors (Lipinski definition) is 5. The van der Waals surface area contributed by atoms with Gasteiger partial charge >= 0.3 is 0 Å². The summed E-state index contributed by atoms with van der Waals surface area (Å²) in [5.41, 5.74) is 2.24. The van der Waals surface area contributed by atoms with Gasteiger partial charge in [0, 0.05) is 24.2 Å². The highest BCUT2D eigenvalue weighted by atomic mass is 16.5. The lowest BCUT2D eigenvalue weighted by atomic mass is 10.0. The highest BCUT2D eigenvalue weighted by Gasteiger charge is 2.18. The first kappa shape index (κ1) is 21.0. The summed E-state index contributed by atoms with van der Waals surface area (Å²) < 4.78 is 5.22. The number of methoxy groups -OCH3 is 1. The number of carbonyl (C=O) groups excluding carboxylic acids is 1. The van der Waals surface area contributed by atoms with Crippen molar-refractivity contribution in [2.24, 2.45) is 0 Å². The third kappa shape index (κ3) is 5.07. The van der Waals surface area contributed by atoms with Gasteiger partial charge in [-0.1, -0.05) is 42.5 Å². The Balaban J connectivity index is 1.64. The lowest BCUT2D eigenvalue weighted by molar-refractivity contribution is 0.0936. The predicted molar refractivity (Wildman–Crippen MR) is 121 cm³/mol. The quantitative estimate of drug-likeness (QED) is 0.471. The number of nitrogens with zero attached hydrogens (tertiary/aromatic N) is 2. The molecule has 32 heavy (non-hydrogen) atoms. The normalized spacial score (nSPS) is 11.5. The molecule has 7 nitrogen and oxygen atoms in total. The molecule has 2 aromatic carbocycles. The summed E-state index contributed by atoms with van der Waals surface area (Å²) >= 11 is 0. The maximum atomic E-state index is 13.0. The summed E-state index contributed by atoms with van der Waals surface area (Å²) in [6.45, 7) is 0. The lowest BCUT2D eigenvalue weighted by Gasteiger charge is -2.19. The van der Waals surface area contributed by atoms with Gasteiger partial charge in [0.2, 0.25) is 0 Å². The third-order valence-corrected chi connectivity index (χ3v) is 4.95. The van der Waals surface area contributed by atoms with Crippen molar-refractivity contribution in [3.63, 3.8) is 0 Å². The Bertz CT molecular complexity index is 1260. The fraction of sp³-hybridized carbons (Fsp3) is 0.120. The number of benzene rings is 2. The van der Waals surface area contributed by atoms with Gasteiger partial charge in [-0.25, -0.2) is 4.98 Å². The van der Waals surface area contributed by atoms with Crippen LogP contribution in [0.4, 0.5) is 0 Å². The van der Waals surface area contributed by atoms with Gasteiger partial charge < -0.3 is 15.0 Å². The number of H-pyrrole nitrogens is 1. The molecule has 0 unspecified atom stereocenters. The first-order chi connectivity index (χ1) is 15.6. The van der Waals surface area contributed by atoms with Crippen molar-refractivity contribution in [1.82, 2.24) is 20.3 Å². The standard InChI is InChI=1S/C25H22N4O3/c1-32-20-11-7-10-18(14-20)25(31)28-22(17-8-3-2-4-9-17)15-19-16-23(30)29-24(27-19)21-12-5-6-13-26-21/h2-14,16,22H,15H2,1H3,(H,28,31)(H,27,29,30)/t22-/m1/s1. The van der Waals surface area contributed by atoms with Crippen molar-refractivity contribution in [2.45, 2.75) is 12.5 Å². The smallest absolute Gasteiger partial charge is 0.251 e. The lowest BCUT2D eigenvalue weighted by Crippen LogP contribution is -2.30. The van der Waals surface area contributed by atoms with Gasteiger partial charge in [-0.05, 0) is 35.9 Å². The number of ether oxygens (including phenoxy) is 1. The SMILES string of the molecule is COc1cccc(C(=O)N[C@H](Cc2cc(=O)[nH]c(-c3ccccn3)n2)c2ccccc2)c1. The third-order valence-electron chi connectivity index (χ3n) is 4.95. The molecule has 0 aliphatic heterocycles. The number of aromatic nitrogens is 3. The van der Waals surface area contributed by atoms with Crippen LogP contribution in [0.25, 0.3) is 11.5 Å². The molecule has 4 rings (SSSR count). The predicted octanol–water partition coefficient (Wildman–Crippen LogP) is 3.55. The molecule has 0 spiro atoms. The van der Waals surface area contributed by atoms with Crippen molar-refractivity contribution < 1.29 is 9.53 Å². The second-order valence-corrected chi connectivity index (χ2v) is 7.17. The average Bonchev–Trinajstić information content (AvgIpc) is 2.84. The molecule has 7 heteroatoms. The van der Waals surface area contributed by atoms with Crippen molar-refractivity contribution in [3.8, 4) is 17.3 Å². The molecular formula is C25H22N4O3. The Kier molecular flexibility index (Phi) is 6.36. The van der Waals surface area contributed by atoms with Crippen LogP contribution in [0.1, 0.15) is 27.7 Å². The highest BCUT2D eigenvalue weighted by molar-refractivity contribution is 5.94. The zero-order valence-electron chi connectivity index (χ0n) is 17.5. The van der Waals surface area contributed by atoms with Crippen molar-refractivity contribution in [1.29, 1.82) is 0 Å². The molecule has 2 heterocycles. The van der Waals surface area contributed by atoms with E-state index in [0.717, 1.165) is 5.56 Å². The van der Waals surface area contributed by atoms with Gasteiger partial charge in [0.25, 0.3) is 11.5 Å². The molecule has 0 aliphatic carbocycles. The van der Waals surface area contributed by atoms with E-state index in [9.17, 15) is 9.59 Å². The number of pyridine rings is 1. The van der Waals surface area contributed by atoms with Crippen molar-refractivity contribution >= 4 is 5.91 Å². The van der Waals surface area contributed by atoms with Crippen molar-refractivity contribution in [2.75, 3.05) is 7.11 Å². The van der Waals surface area contributed by atoms with E-state index < -0.39 is 0 Å². The molecule has 2 N–H and O–H groups in total. The maximum Gasteiger partial charge on any atom is 0.251 e. The first-order valence-electron chi connectivity index (χ1n) is 10.1. The second kappa shape index (κ2) is 9.70. The van der Waals surface area contributed by atoms with Crippen LogP contribution in [-0.2, 0) is 6.42 Å². The van der Waals surface area contributed by atoms with Gasteiger partial charge in [0.1, 0.15) is 11.4 Å². The Hall–Kier alpha value is -4.26. The summed E-state index contributed by atoms with van der Waals surface area (Å²) in [4.78, 5) is 36.8. The topological polar surface area (TPSA) is 97.0 Å². The fourth-order valence-electron chi connectivity index (χ4n) is 3.39. The van der Waals surface area contributed by atoms with Crippen LogP contribution < -0.4 is 15.6 Å². The molecule has 0 bridgehead atoms. The summed E-state index contributed by atoms with van der Waals surface area (Å²) in [5, 5.41) is 3.07. The van der Waals surface area contributed by atoms with Crippen LogP contribution in [0.2, 0.25) is 0 Å². The minimum atomic E-state index is -0.388. The molecule has 4 aromatic rings. The van der Waals surface area contributed by atoms with Gasteiger partial charge in [0.15, 0.2) is 5.82 Å². The van der Waals surface area contributed by atoms with Crippen LogP contribution >= 0.6 is 0 Å². The molecule has 0 aliphatic rings. The van der Waals surface area contributed by atoms with Crippen LogP contribution in [0.15, 0.2) is 89.9 Å². The van der Waals surface area contributed by atoms with E-state index in [-0.39, 0.29) is 17.5 Å². The molecule has 1 amide bonds. The van der Waals surface area contributed by atoms with Crippen LogP contribution in [0.3, 0.4) is 0 Å². The molecular weight excluding hydrogens is 404 g/mol. The van der Waals surface area contributed by atoms with E-state index in [4.69, 9.17) is 4.74 Å². The first-order valence-corrected chi connectivity index (χ1v) is 10.1. The number of rotatable bonds is 7. The molecule has 1 atom stereocenters. The van der Waals surface area contributed by atoms with Gasteiger partial charge in [-0.3, -0.25) is 14.6 Å². The van der Waals surface area contributed by atoms with Gasteiger partial charge in [0.05, 0.1) is 18.8 Å². The Morgan fingerprint density at radius 3 is 2.59 bits per heavy atom. The second-order valence-electron chi connectivity index (χ2n) is 7.17. The summed E-state index contributed by atoms with van der Waals surface area (Å²) in [7, 11) is 1.56. The number of carbonyl (C=O) groups is 1. The minimum absolute atomic E-state index is 0.243. The van der Waals surface area contributed by atoms with E-state index in [0.29, 0.717) is 34.9 Å². The number of aromatic amines is 1. The van der Waals surface area contributed by atoms with E-state index >= 15 is 0 Å². The summed E-state index contributed by atoms with van der Waals surface area (Å²) in [5.74, 6) is 0.747. The Morgan fingerprint density at radius 1 is 1.03 bits per heavy atom. The molecule has 0 radical (unpaired) electrons. The Labute approximate surface area is 185 Å². The molecule has 2 aromatic heterocycles. The van der Waals surface area contributed by atoms with Gasteiger partial charge in [-0.15, -0.1) is 0 Å². The van der Waals surface area contributed by atoms with Crippen LogP contribution in [-0.4, -0.2) is 28.0 Å². The van der Waals surface area contributed by atoms with E-state index in [1.165, 1.54) is 6.07 Å². The molecule has 0 saturated heterocycles. The average molecular weight is 426 g/mol. The number of hydrogen-bond donors (Lipinski definition) is 2. The van der Waals surface area contributed by atoms with E-state index in [2.05, 4.69) is 20.3 Å². The largest absolute Gasteiger partial charge is 0.497 e. The number of nitrogens with one attached hydrogen (secondary N) is 2.